The smallest absolute Gasteiger partial charge is 0.357 e. The third kappa shape index (κ3) is 1.65. The highest BCUT2D eigenvalue weighted by molar-refractivity contribution is 7.21. The van der Waals surface area contributed by atoms with Gasteiger partial charge in [-0.1, -0.05) is 0 Å². The number of anilines is 1. The molecule has 102 valence electrons. The number of hydrogen-bond donors (Lipinski definition) is 0. The molecule has 1 saturated heterocycles. The molecule has 0 amide bonds. The van der Waals surface area contributed by atoms with Gasteiger partial charge in [-0.15, -0.1) is 11.3 Å². The van der Waals surface area contributed by atoms with E-state index in [2.05, 4.69) is 9.64 Å². The predicted molar refractivity (Wildman–Crippen MR) is 74.6 cm³/mol. The van der Waals surface area contributed by atoms with Crippen molar-refractivity contribution >= 4 is 39.0 Å². The van der Waals surface area contributed by atoms with Crippen molar-refractivity contribution < 1.29 is 19.1 Å². The molecule has 5 nitrogen and oxygen atoms in total. The maximum atomic E-state index is 11.8. The summed E-state index contributed by atoms with van der Waals surface area (Å²) in [4.78, 5) is 26.0. The van der Waals surface area contributed by atoms with Crippen molar-refractivity contribution in [2.45, 2.75) is 0 Å². The number of esters is 2. The van der Waals surface area contributed by atoms with E-state index in [1.807, 2.05) is 18.2 Å². The lowest BCUT2D eigenvalue weighted by molar-refractivity contribution is 0.0446. The molecular weight excluding hydrogens is 278 g/mol. The Kier molecular flexibility index (Phi) is 2.55. The third-order valence-electron chi connectivity index (χ3n) is 3.62. The highest BCUT2D eigenvalue weighted by Gasteiger charge is 2.34. The lowest BCUT2D eigenvalue weighted by Crippen LogP contribution is -2.36. The number of rotatable bonds is 1. The Hall–Kier alpha value is -1.92. The number of ether oxygens (including phenoxy) is 2. The van der Waals surface area contributed by atoms with Crippen LogP contribution in [0.4, 0.5) is 5.69 Å². The molecule has 0 aliphatic carbocycles. The van der Waals surface area contributed by atoms with Crippen LogP contribution < -0.4 is 4.90 Å². The minimum Gasteiger partial charge on any atom is -0.385 e. The van der Waals surface area contributed by atoms with Gasteiger partial charge < -0.3 is 14.4 Å². The molecule has 0 saturated carbocycles. The SMILES string of the molecule is O=C1OC(=O)c2c1sc1ccc(N3CCOCC3)cc21. The molecule has 2 aliphatic rings. The first-order valence-corrected chi connectivity index (χ1v) is 7.21. The van der Waals surface area contributed by atoms with E-state index < -0.39 is 11.9 Å². The molecule has 0 radical (unpaired) electrons. The standard InChI is InChI=1S/C14H11NO4S/c16-13-11-9-7-8(15-3-5-18-6-4-15)1-2-10(9)20-12(11)14(17)19-13/h1-2,7H,3-6H2. The van der Waals surface area contributed by atoms with Gasteiger partial charge in [-0.3, -0.25) is 0 Å². The lowest BCUT2D eigenvalue weighted by Gasteiger charge is -2.28. The number of nitrogens with zero attached hydrogens (tertiary/aromatic N) is 1. The van der Waals surface area contributed by atoms with Crippen LogP contribution in [0.2, 0.25) is 0 Å². The monoisotopic (exact) mass is 289 g/mol. The van der Waals surface area contributed by atoms with Gasteiger partial charge in [-0.05, 0) is 18.2 Å². The molecule has 1 aromatic heterocycles. The molecule has 6 heteroatoms. The molecule has 2 aliphatic heterocycles. The van der Waals surface area contributed by atoms with E-state index >= 15 is 0 Å². The summed E-state index contributed by atoms with van der Waals surface area (Å²) in [5.74, 6) is -1.06. The average Bonchev–Trinajstić information content (AvgIpc) is 2.98. The number of cyclic esters (lactones) is 2. The lowest BCUT2D eigenvalue weighted by atomic mass is 10.1. The van der Waals surface area contributed by atoms with Crippen LogP contribution in [-0.2, 0) is 9.47 Å². The zero-order valence-electron chi connectivity index (χ0n) is 10.5. The van der Waals surface area contributed by atoms with Crippen LogP contribution in [0.25, 0.3) is 10.1 Å². The quantitative estimate of drug-likeness (QED) is 0.594. The molecule has 0 atom stereocenters. The highest BCUT2D eigenvalue weighted by atomic mass is 32.1. The van der Waals surface area contributed by atoms with E-state index in [9.17, 15) is 9.59 Å². The van der Waals surface area contributed by atoms with E-state index in [4.69, 9.17) is 4.74 Å². The van der Waals surface area contributed by atoms with Gasteiger partial charge in [-0.2, -0.15) is 0 Å². The molecular formula is C14H11NO4S. The molecule has 0 N–H and O–H groups in total. The molecule has 1 aromatic carbocycles. The Morgan fingerprint density at radius 2 is 1.90 bits per heavy atom. The van der Waals surface area contributed by atoms with Gasteiger partial charge in [0.1, 0.15) is 4.88 Å². The van der Waals surface area contributed by atoms with Crippen molar-refractivity contribution in [1.29, 1.82) is 0 Å². The fraction of sp³-hybridized carbons (Fsp3) is 0.286. The highest BCUT2D eigenvalue weighted by Crippen LogP contribution is 2.38. The zero-order chi connectivity index (χ0) is 13.7. The van der Waals surface area contributed by atoms with E-state index in [0.717, 1.165) is 28.9 Å². The largest absolute Gasteiger partial charge is 0.385 e. The second kappa shape index (κ2) is 4.29. The molecule has 20 heavy (non-hydrogen) atoms. The van der Waals surface area contributed by atoms with Gasteiger partial charge >= 0.3 is 11.9 Å². The first kappa shape index (κ1) is 11.9. The predicted octanol–water partition coefficient (Wildman–Crippen LogP) is 2.05. The summed E-state index contributed by atoms with van der Waals surface area (Å²) in [6.07, 6.45) is 0. The van der Waals surface area contributed by atoms with E-state index in [-0.39, 0.29) is 0 Å². The van der Waals surface area contributed by atoms with Crippen molar-refractivity contribution in [1.82, 2.24) is 0 Å². The van der Waals surface area contributed by atoms with Crippen molar-refractivity contribution in [3.05, 3.63) is 28.6 Å². The minimum atomic E-state index is -0.532. The second-order valence-electron chi connectivity index (χ2n) is 4.76. The first-order chi connectivity index (χ1) is 9.74. The maximum Gasteiger partial charge on any atom is 0.357 e. The molecule has 4 rings (SSSR count). The van der Waals surface area contributed by atoms with Gasteiger partial charge in [0.15, 0.2) is 0 Å². The van der Waals surface area contributed by atoms with E-state index in [1.165, 1.54) is 11.3 Å². The summed E-state index contributed by atoms with van der Waals surface area (Å²) in [6, 6.07) is 5.95. The number of fused-ring (bicyclic) bond motifs is 3. The number of hydrogen-bond acceptors (Lipinski definition) is 6. The fourth-order valence-corrected chi connectivity index (χ4v) is 3.68. The van der Waals surface area contributed by atoms with Crippen LogP contribution in [0.1, 0.15) is 20.0 Å². The molecule has 1 fully saturated rings. The molecule has 0 spiro atoms. The Bertz CT molecular complexity index is 730. The Morgan fingerprint density at radius 3 is 2.70 bits per heavy atom. The summed E-state index contributed by atoms with van der Waals surface area (Å²) in [7, 11) is 0. The number of carbonyl (C=O) groups excluding carboxylic acids is 2. The van der Waals surface area contributed by atoms with Gasteiger partial charge in [0, 0.05) is 28.9 Å². The fourth-order valence-electron chi connectivity index (χ4n) is 2.63. The number of thiophene rings is 1. The Labute approximate surface area is 118 Å². The normalized spacial score (nSPS) is 18.5. The van der Waals surface area contributed by atoms with Crippen LogP contribution >= 0.6 is 11.3 Å². The van der Waals surface area contributed by atoms with Crippen LogP contribution in [0, 0.1) is 0 Å². The van der Waals surface area contributed by atoms with E-state index in [1.54, 1.807) is 0 Å². The van der Waals surface area contributed by atoms with Gasteiger partial charge in [-0.25, -0.2) is 9.59 Å². The zero-order valence-corrected chi connectivity index (χ0v) is 11.4. The summed E-state index contributed by atoms with van der Waals surface area (Å²) in [5.41, 5.74) is 1.47. The molecule has 0 bridgehead atoms. The van der Waals surface area contributed by atoms with Crippen LogP contribution in [0.3, 0.4) is 0 Å². The number of morpholine rings is 1. The topological polar surface area (TPSA) is 55.8 Å². The average molecular weight is 289 g/mol. The number of benzene rings is 1. The van der Waals surface area contributed by atoms with Crippen molar-refractivity contribution in [2.75, 3.05) is 31.2 Å². The summed E-state index contributed by atoms with van der Waals surface area (Å²) in [5, 5.41) is 0.810. The summed E-state index contributed by atoms with van der Waals surface area (Å²) < 4.78 is 10.9. The van der Waals surface area contributed by atoms with Crippen LogP contribution in [0.15, 0.2) is 18.2 Å². The minimum absolute atomic E-state index is 0.420. The van der Waals surface area contributed by atoms with Crippen LogP contribution in [0.5, 0.6) is 0 Å². The third-order valence-corrected chi connectivity index (χ3v) is 4.77. The first-order valence-electron chi connectivity index (χ1n) is 6.40. The number of carbonyl (C=O) groups is 2. The van der Waals surface area contributed by atoms with Gasteiger partial charge in [0.2, 0.25) is 0 Å². The summed E-state index contributed by atoms with van der Waals surface area (Å²) >= 11 is 1.32. The summed E-state index contributed by atoms with van der Waals surface area (Å²) in [6.45, 7) is 3.09. The van der Waals surface area contributed by atoms with Crippen molar-refractivity contribution in [2.24, 2.45) is 0 Å². The maximum absolute atomic E-state index is 11.8. The van der Waals surface area contributed by atoms with Gasteiger partial charge in [0.05, 0.1) is 18.8 Å². The molecule has 2 aromatic rings. The second-order valence-corrected chi connectivity index (χ2v) is 5.82. The molecule has 3 heterocycles. The Balaban J connectivity index is 1.84. The van der Waals surface area contributed by atoms with Crippen molar-refractivity contribution in [3.8, 4) is 0 Å². The Morgan fingerprint density at radius 1 is 1.10 bits per heavy atom. The van der Waals surface area contributed by atoms with Crippen molar-refractivity contribution in [3.63, 3.8) is 0 Å². The van der Waals surface area contributed by atoms with E-state index in [0.29, 0.717) is 23.7 Å². The van der Waals surface area contributed by atoms with Gasteiger partial charge in [0.25, 0.3) is 0 Å². The molecule has 0 unspecified atom stereocenters. The van der Waals surface area contributed by atoms with Crippen LogP contribution in [-0.4, -0.2) is 38.2 Å².